The van der Waals surface area contributed by atoms with E-state index in [0.29, 0.717) is 11.3 Å². The molecule has 1 nitrogen and oxygen atoms in total. The quantitative estimate of drug-likeness (QED) is 0.732. The summed E-state index contributed by atoms with van der Waals surface area (Å²) in [5, 5.41) is 0. The predicted molar refractivity (Wildman–Crippen MR) is 73.2 cm³/mol. The molecule has 1 aliphatic heterocycles. The first-order valence-corrected chi connectivity index (χ1v) is 6.22. The van der Waals surface area contributed by atoms with Crippen LogP contribution in [-0.4, -0.2) is 4.90 Å². The van der Waals surface area contributed by atoms with Crippen molar-refractivity contribution in [2.45, 2.75) is 27.3 Å². The number of rotatable bonds is 2. The minimum atomic E-state index is 0.311. The summed E-state index contributed by atoms with van der Waals surface area (Å²) in [5.41, 5.74) is 1.65. The predicted octanol–water partition coefficient (Wildman–Crippen LogP) is 4.19. The molecule has 0 amide bonds. The lowest BCUT2D eigenvalue weighted by molar-refractivity contribution is 0.328. The van der Waals surface area contributed by atoms with Crippen LogP contribution in [0.1, 0.15) is 26.3 Å². The minimum Gasteiger partial charge on any atom is -0.351 e. The molecule has 0 N–H and O–H groups in total. The maximum atomic E-state index is 2.29. The van der Waals surface area contributed by atoms with E-state index in [9.17, 15) is 0 Å². The van der Waals surface area contributed by atoms with Crippen molar-refractivity contribution in [2.24, 2.45) is 11.3 Å². The summed E-state index contributed by atoms with van der Waals surface area (Å²) in [5.74, 6) is 0.537. The third-order valence-corrected chi connectivity index (χ3v) is 3.18. The molecule has 1 aromatic rings. The zero-order valence-electron chi connectivity index (χ0n) is 10.9. The van der Waals surface area contributed by atoms with Crippen LogP contribution in [0.5, 0.6) is 0 Å². The molecule has 1 aromatic carbocycles. The summed E-state index contributed by atoms with van der Waals surface area (Å²) in [6, 6.07) is 10.6. The van der Waals surface area contributed by atoms with Crippen molar-refractivity contribution in [3.05, 3.63) is 60.4 Å². The Bertz CT molecular complexity index is 395. The van der Waals surface area contributed by atoms with E-state index in [1.165, 1.54) is 5.56 Å². The van der Waals surface area contributed by atoms with Crippen LogP contribution in [0.15, 0.2) is 54.9 Å². The van der Waals surface area contributed by atoms with E-state index in [4.69, 9.17) is 0 Å². The smallest absolute Gasteiger partial charge is 0.0469 e. The fourth-order valence-corrected chi connectivity index (χ4v) is 2.00. The summed E-state index contributed by atoms with van der Waals surface area (Å²) >= 11 is 0. The van der Waals surface area contributed by atoms with E-state index < -0.39 is 0 Å². The molecule has 0 unspecified atom stereocenters. The highest BCUT2D eigenvalue weighted by atomic mass is 15.1. The second-order valence-corrected chi connectivity index (χ2v) is 5.73. The highest BCUT2D eigenvalue weighted by Crippen LogP contribution is 2.30. The maximum absolute atomic E-state index is 2.29. The molecule has 0 atom stereocenters. The Morgan fingerprint density at radius 1 is 1.00 bits per heavy atom. The average Bonchev–Trinajstić information content (AvgIpc) is 2.30. The molecule has 0 saturated heterocycles. The number of benzene rings is 1. The molecule has 1 heterocycles. The first-order chi connectivity index (χ1) is 8.05. The van der Waals surface area contributed by atoms with E-state index >= 15 is 0 Å². The van der Waals surface area contributed by atoms with Crippen molar-refractivity contribution < 1.29 is 0 Å². The largest absolute Gasteiger partial charge is 0.351 e. The summed E-state index contributed by atoms with van der Waals surface area (Å²) in [7, 11) is 0. The number of nitrogens with zero attached hydrogens (tertiary/aromatic N) is 1. The van der Waals surface area contributed by atoms with Crippen LogP contribution >= 0.6 is 0 Å². The molecule has 90 valence electrons. The van der Waals surface area contributed by atoms with E-state index in [1.54, 1.807) is 0 Å². The Kier molecular flexibility index (Phi) is 3.37. The standard InChI is InChI=1S/C16H21N/c1-16(2,3)15-9-11-17(12-10-15)13-14-7-5-4-6-8-14/h4-12,15H,13H2,1-3H3. The van der Waals surface area contributed by atoms with Crippen LogP contribution in [0.2, 0.25) is 0 Å². The van der Waals surface area contributed by atoms with Crippen molar-refractivity contribution in [1.29, 1.82) is 0 Å². The van der Waals surface area contributed by atoms with Gasteiger partial charge >= 0.3 is 0 Å². The lowest BCUT2D eigenvalue weighted by atomic mass is 9.80. The van der Waals surface area contributed by atoms with E-state index in [2.05, 4.69) is 80.6 Å². The molecule has 0 aromatic heterocycles. The topological polar surface area (TPSA) is 3.24 Å². The van der Waals surface area contributed by atoms with Crippen LogP contribution in [0.25, 0.3) is 0 Å². The van der Waals surface area contributed by atoms with Crippen molar-refractivity contribution in [3.63, 3.8) is 0 Å². The molecule has 17 heavy (non-hydrogen) atoms. The summed E-state index contributed by atoms with van der Waals surface area (Å²) in [4.78, 5) is 2.23. The SMILES string of the molecule is CC(C)(C)C1C=CN(Cc2ccccc2)C=C1. The number of allylic oxidation sites excluding steroid dienone is 2. The van der Waals surface area contributed by atoms with Crippen LogP contribution in [0.4, 0.5) is 0 Å². The molecule has 1 aliphatic rings. The van der Waals surface area contributed by atoms with E-state index in [1.807, 2.05) is 0 Å². The van der Waals surface area contributed by atoms with Gasteiger partial charge in [0.15, 0.2) is 0 Å². The first kappa shape index (κ1) is 12.0. The molecule has 0 bridgehead atoms. The van der Waals surface area contributed by atoms with Gasteiger partial charge in [-0.25, -0.2) is 0 Å². The zero-order valence-corrected chi connectivity index (χ0v) is 10.9. The van der Waals surface area contributed by atoms with Crippen molar-refractivity contribution in [1.82, 2.24) is 4.90 Å². The van der Waals surface area contributed by atoms with Gasteiger partial charge in [0.1, 0.15) is 0 Å². The average molecular weight is 227 g/mol. The van der Waals surface area contributed by atoms with Gasteiger partial charge in [0, 0.05) is 24.9 Å². The van der Waals surface area contributed by atoms with Crippen LogP contribution < -0.4 is 0 Å². The molecule has 0 radical (unpaired) electrons. The molecule has 0 spiro atoms. The monoisotopic (exact) mass is 227 g/mol. The van der Waals surface area contributed by atoms with Gasteiger partial charge in [-0.1, -0.05) is 63.3 Å². The van der Waals surface area contributed by atoms with Gasteiger partial charge in [-0.15, -0.1) is 0 Å². The minimum absolute atomic E-state index is 0.311. The third kappa shape index (κ3) is 3.23. The Hall–Kier alpha value is -1.50. The fourth-order valence-electron chi connectivity index (χ4n) is 2.00. The lowest BCUT2D eigenvalue weighted by Gasteiger charge is -2.30. The first-order valence-electron chi connectivity index (χ1n) is 6.22. The Labute approximate surface area is 104 Å². The van der Waals surface area contributed by atoms with Crippen LogP contribution in [-0.2, 0) is 6.54 Å². The second-order valence-electron chi connectivity index (χ2n) is 5.73. The zero-order chi connectivity index (χ0) is 12.3. The van der Waals surface area contributed by atoms with Crippen LogP contribution in [0, 0.1) is 11.3 Å². The Morgan fingerprint density at radius 2 is 1.59 bits per heavy atom. The molecule has 1 heteroatoms. The molecular formula is C16H21N. The third-order valence-electron chi connectivity index (χ3n) is 3.18. The second kappa shape index (κ2) is 4.79. The molecule has 0 aliphatic carbocycles. The molecule has 2 rings (SSSR count). The van der Waals surface area contributed by atoms with Crippen molar-refractivity contribution >= 4 is 0 Å². The maximum Gasteiger partial charge on any atom is 0.0469 e. The normalized spacial score (nSPS) is 16.5. The summed E-state index contributed by atoms with van der Waals surface area (Å²) < 4.78 is 0. The fraction of sp³-hybridized carbons (Fsp3) is 0.375. The molecule has 0 fully saturated rings. The molecular weight excluding hydrogens is 206 g/mol. The Morgan fingerprint density at radius 3 is 2.12 bits per heavy atom. The van der Waals surface area contributed by atoms with Crippen LogP contribution in [0.3, 0.4) is 0 Å². The van der Waals surface area contributed by atoms with Gasteiger partial charge < -0.3 is 4.90 Å². The summed E-state index contributed by atoms with van der Waals surface area (Å²) in [6.07, 6.45) is 8.98. The van der Waals surface area contributed by atoms with Gasteiger partial charge in [-0.05, 0) is 11.0 Å². The van der Waals surface area contributed by atoms with Crippen molar-refractivity contribution in [2.75, 3.05) is 0 Å². The number of hydrogen-bond donors (Lipinski definition) is 0. The van der Waals surface area contributed by atoms with Gasteiger partial charge in [-0.3, -0.25) is 0 Å². The molecule has 0 saturated carbocycles. The van der Waals surface area contributed by atoms with Gasteiger partial charge in [0.05, 0.1) is 0 Å². The highest BCUT2D eigenvalue weighted by Gasteiger charge is 2.21. The van der Waals surface area contributed by atoms with E-state index in [-0.39, 0.29) is 0 Å². The van der Waals surface area contributed by atoms with E-state index in [0.717, 1.165) is 6.54 Å². The van der Waals surface area contributed by atoms with Gasteiger partial charge in [-0.2, -0.15) is 0 Å². The van der Waals surface area contributed by atoms with Gasteiger partial charge in [0.25, 0.3) is 0 Å². The lowest BCUT2D eigenvalue weighted by Crippen LogP contribution is -2.21. The Balaban J connectivity index is 1.98. The highest BCUT2D eigenvalue weighted by molar-refractivity contribution is 5.18. The van der Waals surface area contributed by atoms with Gasteiger partial charge in [0.2, 0.25) is 0 Å². The summed E-state index contributed by atoms with van der Waals surface area (Å²) in [6.45, 7) is 7.78. The van der Waals surface area contributed by atoms with Crippen molar-refractivity contribution in [3.8, 4) is 0 Å². The number of hydrogen-bond acceptors (Lipinski definition) is 1.